The molecule has 32 heavy (non-hydrogen) atoms. The zero-order chi connectivity index (χ0) is 22.5. The van der Waals surface area contributed by atoms with Crippen LogP contribution in [0.1, 0.15) is 43.2 Å². The highest BCUT2D eigenvalue weighted by molar-refractivity contribution is 5.80. The zero-order valence-electron chi connectivity index (χ0n) is 19.5. The van der Waals surface area contributed by atoms with E-state index in [1.165, 1.54) is 17.5 Å². The third-order valence-electron chi connectivity index (χ3n) is 7.51. The highest BCUT2D eigenvalue weighted by atomic mass is 16.3. The molecule has 0 aromatic heterocycles. The van der Waals surface area contributed by atoms with Crippen LogP contribution < -0.4 is 5.32 Å². The number of carbonyl (C=O) groups excluding carboxylic acids is 1. The fourth-order valence-corrected chi connectivity index (χ4v) is 5.44. The fourth-order valence-electron chi connectivity index (χ4n) is 5.44. The Kier molecular flexibility index (Phi) is 7.69. The Balaban J connectivity index is 1.18. The Morgan fingerprint density at radius 3 is 2.38 bits per heavy atom. The molecule has 0 bridgehead atoms. The van der Waals surface area contributed by atoms with Crippen molar-refractivity contribution >= 4 is 5.91 Å². The monoisotopic (exact) mass is 437 g/mol. The van der Waals surface area contributed by atoms with E-state index in [2.05, 4.69) is 60.3 Å². The molecule has 3 atom stereocenters. The number of allylic oxidation sites excluding steroid dienone is 1. The van der Waals surface area contributed by atoms with Gasteiger partial charge < -0.3 is 20.2 Å². The van der Waals surface area contributed by atoms with E-state index in [0.29, 0.717) is 25.0 Å². The molecule has 174 valence electrons. The Morgan fingerprint density at radius 2 is 1.75 bits per heavy atom. The molecule has 2 unspecified atom stereocenters. The molecule has 5 nitrogen and oxygen atoms in total. The summed E-state index contributed by atoms with van der Waals surface area (Å²) in [6.45, 7) is 7.19. The molecule has 1 saturated heterocycles. The topological polar surface area (TPSA) is 55.8 Å². The first-order chi connectivity index (χ1) is 15.5. The summed E-state index contributed by atoms with van der Waals surface area (Å²) in [4.78, 5) is 17.1. The largest absolute Gasteiger partial charge is 0.390 e. The van der Waals surface area contributed by atoms with Gasteiger partial charge in [-0.2, -0.15) is 0 Å². The number of rotatable bonds is 8. The first-order valence-corrected chi connectivity index (χ1v) is 12.4. The standard InChI is InChI=1S/C27H39N3O2/c1-20(21-10-12-22(13-11-21)27(32)30-14-6-3-7-15-30)28-18-26(31)19-29(2)25-16-23-8-4-5-9-24(23)17-25/h4-5,8-10,12,21-22,25-26,28,31H,1,3,6-7,11,13-19H2,2H3/t21?,22?,26-/m1/s1. The average Bonchev–Trinajstić information content (AvgIpc) is 3.27. The van der Waals surface area contributed by atoms with Crippen molar-refractivity contribution in [2.45, 2.75) is 57.1 Å². The van der Waals surface area contributed by atoms with Crippen molar-refractivity contribution in [2.24, 2.45) is 11.8 Å². The van der Waals surface area contributed by atoms with Crippen molar-refractivity contribution < 1.29 is 9.90 Å². The summed E-state index contributed by atoms with van der Waals surface area (Å²) >= 11 is 0. The summed E-state index contributed by atoms with van der Waals surface area (Å²) in [5.74, 6) is 0.548. The second kappa shape index (κ2) is 10.7. The van der Waals surface area contributed by atoms with Crippen molar-refractivity contribution in [2.75, 3.05) is 33.2 Å². The van der Waals surface area contributed by atoms with Gasteiger partial charge in [-0.25, -0.2) is 0 Å². The third kappa shape index (κ3) is 5.62. The van der Waals surface area contributed by atoms with Crippen LogP contribution >= 0.6 is 0 Å². The minimum absolute atomic E-state index is 0.0203. The second-order valence-electron chi connectivity index (χ2n) is 9.89. The Morgan fingerprint density at radius 1 is 1.12 bits per heavy atom. The van der Waals surface area contributed by atoms with Gasteiger partial charge in [-0.3, -0.25) is 4.79 Å². The van der Waals surface area contributed by atoms with Crippen molar-refractivity contribution in [3.8, 4) is 0 Å². The highest BCUT2D eigenvalue weighted by Crippen LogP contribution is 2.28. The molecule has 1 aromatic rings. The highest BCUT2D eigenvalue weighted by Gasteiger charge is 2.28. The number of aliphatic hydroxyl groups excluding tert-OH is 1. The van der Waals surface area contributed by atoms with E-state index in [4.69, 9.17) is 0 Å². The zero-order valence-corrected chi connectivity index (χ0v) is 19.5. The molecule has 1 heterocycles. The molecule has 2 aliphatic carbocycles. The maximum atomic E-state index is 12.7. The summed E-state index contributed by atoms with van der Waals surface area (Å²) in [6, 6.07) is 9.11. The van der Waals surface area contributed by atoms with Gasteiger partial charge in [-0.1, -0.05) is 43.0 Å². The minimum atomic E-state index is -0.443. The summed E-state index contributed by atoms with van der Waals surface area (Å²) in [5, 5.41) is 13.9. The number of piperidine rings is 1. The van der Waals surface area contributed by atoms with Crippen molar-refractivity contribution in [3.05, 3.63) is 59.8 Å². The van der Waals surface area contributed by atoms with E-state index in [1.807, 2.05) is 4.90 Å². The number of benzene rings is 1. The number of likely N-dealkylation sites (N-methyl/N-ethyl adjacent to an activating group) is 1. The van der Waals surface area contributed by atoms with Gasteiger partial charge >= 0.3 is 0 Å². The molecular weight excluding hydrogens is 398 g/mol. The van der Waals surface area contributed by atoms with Gasteiger partial charge in [0.05, 0.1) is 12.0 Å². The second-order valence-corrected chi connectivity index (χ2v) is 9.89. The molecule has 1 aliphatic heterocycles. The molecule has 0 saturated carbocycles. The number of nitrogens with zero attached hydrogens (tertiary/aromatic N) is 2. The lowest BCUT2D eigenvalue weighted by molar-refractivity contribution is -0.135. The summed E-state index contributed by atoms with van der Waals surface area (Å²) in [6.07, 6.45) is 11.2. The van der Waals surface area contributed by atoms with Crippen molar-refractivity contribution in [1.29, 1.82) is 0 Å². The quantitative estimate of drug-likeness (QED) is 0.614. The lowest BCUT2D eigenvalue weighted by Crippen LogP contribution is -2.42. The van der Waals surface area contributed by atoms with Gasteiger partial charge in [0.1, 0.15) is 0 Å². The molecular formula is C27H39N3O2. The molecule has 0 spiro atoms. The van der Waals surface area contributed by atoms with Gasteiger partial charge in [0.15, 0.2) is 0 Å². The Bertz CT molecular complexity index is 805. The van der Waals surface area contributed by atoms with Gasteiger partial charge in [0.25, 0.3) is 0 Å². The van der Waals surface area contributed by atoms with Gasteiger partial charge in [0, 0.05) is 43.8 Å². The number of carbonyl (C=O) groups is 1. The first-order valence-electron chi connectivity index (χ1n) is 12.4. The molecule has 3 aliphatic rings. The number of hydrogen-bond donors (Lipinski definition) is 2. The SMILES string of the molecule is C=C(NC[C@@H](O)CN(C)C1Cc2ccccc2C1)C1C=CC(C(=O)N2CCCCC2)CC1. The maximum absolute atomic E-state index is 12.7. The molecule has 1 amide bonds. The summed E-state index contributed by atoms with van der Waals surface area (Å²) < 4.78 is 0. The molecule has 2 N–H and O–H groups in total. The minimum Gasteiger partial charge on any atom is -0.390 e. The number of hydrogen-bond acceptors (Lipinski definition) is 4. The number of likely N-dealkylation sites (tertiary alicyclic amines) is 1. The van der Waals surface area contributed by atoms with Crippen molar-refractivity contribution in [3.63, 3.8) is 0 Å². The van der Waals surface area contributed by atoms with E-state index in [-0.39, 0.29) is 11.8 Å². The predicted octanol–water partition coefficient (Wildman–Crippen LogP) is 3.14. The van der Waals surface area contributed by atoms with Crippen LogP contribution in [0.4, 0.5) is 0 Å². The number of amides is 1. The van der Waals surface area contributed by atoms with Crippen molar-refractivity contribution in [1.82, 2.24) is 15.1 Å². The Labute approximate surface area is 193 Å². The van der Waals surface area contributed by atoms with Crippen LogP contribution in [-0.4, -0.2) is 66.2 Å². The molecule has 4 rings (SSSR count). The van der Waals surface area contributed by atoms with Gasteiger partial charge in [-0.05, 0) is 63.1 Å². The van der Waals surface area contributed by atoms with E-state index >= 15 is 0 Å². The summed E-state index contributed by atoms with van der Waals surface area (Å²) in [7, 11) is 2.11. The molecule has 1 fully saturated rings. The number of nitrogens with one attached hydrogen (secondary N) is 1. The van der Waals surface area contributed by atoms with Crippen LogP contribution in [-0.2, 0) is 17.6 Å². The first kappa shape index (κ1) is 23.1. The van der Waals surface area contributed by atoms with Crippen LogP contribution in [0.2, 0.25) is 0 Å². The lowest BCUT2D eigenvalue weighted by Gasteiger charge is -2.32. The van der Waals surface area contributed by atoms with Gasteiger partial charge in [0.2, 0.25) is 5.91 Å². The van der Waals surface area contributed by atoms with Gasteiger partial charge in [-0.15, -0.1) is 0 Å². The Hall–Kier alpha value is -2.11. The number of fused-ring (bicyclic) bond motifs is 1. The molecule has 1 aromatic carbocycles. The predicted molar refractivity (Wildman–Crippen MR) is 129 cm³/mol. The van der Waals surface area contributed by atoms with Crippen LogP contribution in [0.3, 0.4) is 0 Å². The van der Waals surface area contributed by atoms with E-state index in [9.17, 15) is 9.90 Å². The van der Waals surface area contributed by atoms with Crippen LogP contribution in [0, 0.1) is 11.8 Å². The van der Waals surface area contributed by atoms with Crippen LogP contribution in [0.15, 0.2) is 48.7 Å². The summed E-state index contributed by atoms with van der Waals surface area (Å²) in [5.41, 5.74) is 3.82. The number of aliphatic hydroxyl groups is 1. The smallest absolute Gasteiger partial charge is 0.229 e. The average molecular weight is 438 g/mol. The van der Waals surface area contributed by atoms with E-state index in [1.54, 1.807) is 0 Å². The molecule has 5 heteroatoms. The van der Waals surface area contributed by atoms with Crippen LogP contribution in [0.25, 0.3) is 0 Å². The maximum Gasteiger partial charge on any atom is 0.229 e. The molecule has 0 radical (unpaired) electrons. The van der Waals surface area contributed by atoms with Crippen LogP contribution in [0.5, 0.6) is 0 Å². The van der Waals surface area contributed by atoms with E-state index in [0.717, 1.165) is 57.3 Å². The fraction of sp³-hybridized carbons (Fsp3) is 0.593. The van der Waals surface area contributed by atoms with E-state index < -0.39 is 6.10 Å². The third-order valence-corrected chi connectivity index (χ3v) is 7.51. The lowest BCUT2D eigenvalue weighted by atomic mass is 9.86. The normalized spacial score (nSPS) is 24.4.